The summed E-state index contributed by atoms with van der Waals surface area (Å²) in [7, 11) is 7.42. The number of methoxy groups -OCH3 is 2. The Hall–Kier alpha value is -4.32. The number of unbranched alkanes of at least 4 members (excludes halogenated alkanes) is 2. The molecule has 2 heterocycles. The number of fused-ring (bicyclic) bond motifs is 12. The number of benzene rings is 6. The van der Waals surface area contributed by atoms with Crippen LogP contribution in [-0.2, 0) is 45.9 Å². The number of hydrogen-bond acceptors (Lipinski definition) is 9. The van der Waals surface area contributed by atoms with Gasteiger partial charge in [-0.1, -0.05) is 83.7 Å². The van der Waals surface area contributed by atoms with Crippen LogP contribution in [0, 0.1) is 0 Å². The van der Waals surface area contributed by atoms with Crippen molar-refractivity contribution < 1.29 is 35.0 Å². The molecule has 0 saturated heterocycles. The minimum atomic E-state index is -0.570. The molecule has 0 aliphatic carbocycles. The standard InChI is InChI=1S/C21H23NO4.C21H23NO3.2C4H10/c1-22-8-18-17-7-20(26-2)13(11-24)6-16(17)15-5-12(10-23)3-4-14(15)21(18)19(25)9-22;1-22-8-7-15-16-5-3-13(11-23)20(12-24)21(16)17-6-4-14(25-2)9-18(17)19(15)10-22;2*1-3-4-2/h3-7,19,23-25H,8-11H2,1-2H3;3-6,9,23-24H,7-8,10-12H2,1-2H3;2*3-4H2,1-2H3. The first-order chi connectivity index (χ1) is 28.6. The number of aliphatic hydroxyl groups is 5. The molecule has 5 N–H and O–H groups in total. The molecule has 8 rings (SSSR count). The summed E-state index contributed by atoms with van der Waals surface area (Å²) in [5.41, 5.74) is 7.91. The number of ether oxygens (including phenoxy) is 2. The minimum absolute atomic E-state index is 0.0389. The van der Waals surface area contributed by atoms with Gasteiger partial charge in [0.15, 0.2) is 0 Å². The van der Waals surface area contributed by atoms with E-state index in [1.807, 2.05) is 49.5 Å². The highest BCUT2D eigenvalue weighted by Gasteiger charge is 2.27. The Morgan fingerprint density at radius 3 is 1.81 bits per heavy atom. The topological polar surface area (TPSA) is 126 Å². The number of rotatable bonds is 8. The normalized spacial score (nSPS) is 15.1. The Morgan fingerprint density at radius 2 is 1.20 bits per heavy atom. The smallest absolute Gasteiger partial charge is 0.125 e. The van der Waals surface area contributed by atoms with Crippen molar-refractivity contribution in [3.05, 3.63) is 105 Å². The second kappa shape index (κ2) is 21.3. The molecule has 0 aromatic heterocycles. The number of aliphatic hydroxyl groups excluding tert-OH is 5. The van der Waals surface area contributed by atoms with Crippen LogP contribution in [0.25, 0.3) is 43.1 Å². The van der Waals surface area contributed by atoms with Crippen molar-refractivity contribution in [3.8, 4) is 11.5 Å². The quantitative estimate of drug-likeness (QED) is 0.0959. The molecule has 6 aromatic rings. The summed E-state index contributed by atoms with van der Waals surface area (Å²) < 4.78 is 10.9. The zero-order valence-corrected chi connectivity index (χ0v) is 36.5. The van der Waals surface area contributed by atoms with Crippen LogP contribution in [0.4, 0.5) is 0 Å². The Labute approximate surface area is 350 Å². The molecule has 1 unspecified atom stereocenters. The number of hydrogen-bond donors (Lipinski definition) is 5. The lowest BCUT2D eigenvalue weighted by Crippen LogP contribution is -2.30. The summed E-state index contributed by atoms with van der Waals surface area (Å²) >= 11 is 0. The Bertz CT molecular complexity index is 2350. The molecule has 0 bridgehead atoms. The van der Waals surface area contributed by atoms with Crippen LogP contribution in [0.3, 0.4) is 0 Å². The highest BCUT2D eigenvalue weighted by Crippen LogP contribution is 2.43. The van der Waals surface area contributed by atoms with Crippen LogP contribution in [0.2, 0.25) is 0 Å². The maximum atomic E-state index is 10.8. The molecule has 0 spiro atoms. The largest absolute Gasteiger partial charge is 0.497 e. The average molecular weight is 807 g/mol. The molecule has 318 valence electrons. The predicted octanol–water partition coefficient (Wildman–Crippen LogP) is 9.05. The second-order valence-corrected chi connectivity index (χ2v) is 15.8. The van der Waals surface area contributed by atoms with Crippen molar-refractivity contribution in [2.75, 3.05) is 41.4 Å². The molecule has 2 aliphatic rings. The van der Waals surface area contributed by atoms with E-state index in [1.54, 1.807) is 14.2 Å². The first-order valence-corrected chi connectivity index (χ1v) is 21.2. The molecule has 9 nitrogen and oxygen atoms in total. The van der Waals surface area contributed by atoms with Crippen molar-refractivity contribution in [1.29, 1.82) is 0 Å². The molecule has 0 saturated carbocycles. The van der Waals surface area contributed by atoms with Crippen molar-refractivity contribution in [2.45, 2.75) is 105 Å². The highest BCUT2D eigenvalue weighted by atomic mass is 16.5. The molecule has 0 fully saturated rings. The predicted molar refractivity (Wildman–Crippen MR) is 242 cm³/mol. The van der Waals surface area contributed by atoms with Gasteiger partial charge in [0.05, 0.1) is 46.8 Å². The highest BCUT2D eigenvalue weighted by molar-refractivity contribution is 6.13. The first-order valence-electron chi connectivity index (χ1n) is 21.2. The number of β-amino-alcohol motifs (C(OH)–C–C–N with tert-alkyl or cyclic N) is 1. The van der Waals surface area contributed by atoms with Crippen molar-refractivity contribution in [1.82, 2.24) is 9.80 Å². The van der Waals surface area contributed by atoms with Crippen LogP contribution in [0.15, 0.2) is 60.7 Å². The van der Waals surface area contributed by atoms with E-state index in [2.05, 4.69) is 62.7 Å². The van der Waals surface area contributed by atoms with E-state index in [1.165, 1.54) is 47.6 Å². The fraction of sp³-hybridized carbons (Fsp3) is 0.440. The van der Waals surface area contributed by atoms with Gasteiger partial charge >= 0.3 is 0 Å². The zero-order chi connectivity index (χ0) is 42.8. The molecule has 0 amide bonds. The lowest BCUT2D eigenvalue weighted by atomic mass is 9.85. The van der Waals surface area contributed by atoms with Crippen LogP contribution in [-0.4, -0.2) is 76.7 Å². The molecule has 1 atom stereocenters. The third kappa shape index (κ3) is 9.68. The van der Waals surface area contributed by atoms with Gasteiger partial charge in [-0.15, -0.1) is 0 Å². The van der Waals surface area contributed by atoms with Crippen LogP contribution in [0.5, 0.6) is 11.5 Å². The van der Waals surface area contributed by atoms with Crippen molar-refractivity contribution in [2.24, 2.45) is 0 Å². The maximum Gasteiger partial charge on any atom is 0.125 e. The van der Waals surface area contributed by atoms with E-state index in [-0.39, 0.29) is 26.4 Å². The van der Waals surface area contributed by atoms with Gasteiger partial charge in [0.2, 0.25) is 0 Å². The zero-order valence-electron chi connectivity index (χ0n) is 36.5. The monoisotopic (exact) mass is 806 g/mol. The summed E-state index contributed by atoms with van der Waals surface area (Å²) in [6.45, 7) is 11.7. The Morgan fingerprint density at radius 1 is 0.576 bits per heavy atom. The van der Waals surface area contributed by atoms with E-state index >= 15 is 0 Å². The summed E-state index contributed by atoms with van der Waals surface area (Å²) in [4.78, 5) is 4.44. The third-order valence-electron chi connectivity index (χ3n) is 11.8. The summed E-state index contributed by atoms with van der Waals surface area (Å²) in [6.07, 6.45) is 5.69. The van der Waals surface area contributed by atoms with Gasteiger partial charge < -0.3 is 39.9 Å². The molecule has 9 heteroatoms. The fourth-order valence-corrected chi connectivity index (χ4v) is 8.28. The number of nitrogens with zero attached hydrogens (tertiary/aromatic N) is 2. The van der Waals surface area contributed by atoms with Crippen LogP contribution in [0.1, 0.15) is 104 Å². The molecule has 6 aromatic carbocycles. The van der Waals surface area contributed by atoms with Gasteiger partial charge in [-0.25, -0.2) is 0 Å². The third-order valence-corrected chi connectivity index (χ3v) is 11.8. The van der Waals surface area contributed by atoms with E-state index in [0.29, 0.717) is 12.3 Å². The Kier molecular flexibility index (Phi) is 16.5. The van der Waals surface area contributed by atoms with E-state index in [4.69, 9.17) is 9.47 Å². The maximum absolute atomic E-state index is 10.8. The molecular formula is C50H66N2O7. The fourth-order valence-electron chi connectivity index (χ4n) is 8.28. The van der Waals surface area contributed by atoms with E-state index < -0.39 is 6.10 Å². The molecule has 59 heavy (non-hydrogen) atoms. The molecule has 0 radical (unpaired) electrons. The van der Waals surface area contributed by atoms with Gasteiger partial charge in [-0.3, -0.25) is 4.90 Å². The Balaban J connectivity index is 0.000000190. The SMILES string of the molecule is CCCC.CCCC.COc1cc2c3c(c4ccc(CO)cc4c2cc1CO)C(O)CN(C)C3.COc1ccc2c(c1)c1c(c3ccc(CO)c(CO)c32)CCN(C)C1. The lowest BCUT2D eigenvalue weighted by Gasteiger charge is -2.32. The van der Waals surface area contributed by atoms with E-state index in [9.17, 15) is 25.5 Å². The lowest BCUT2D eigenvalue weighted by molar-refractivity contribution is 0.110. The van der Waals surface area contributed by atoms with Gasteiger partial charge in [0.25, 0.3) is 0 Å². The summed E-state index contributed by atoms with van der Waals surface area (Å²) in [5.74, 6) is 1.48. The van der Waals surface area contributed by atoms with Crippen LogP contribution < -0.4 is 9.47 Å². The van der Waals surface area contributed by atoms with Crippen molar-refractivity contribution >= 4 is 43.1 Å². The van der Waals surface area contributed by atoms with Gasteiger partial charge in [0, 0.05) is 31.7 Å². The first kappa shape index (κ1) is 45.8. The molecule has 2 aliphatic heterocycles. The second-order valence-electron chi connectivity index (χ2n) is 15.8. The van der Waals surface area contributed by atoms with Crippen LogP contribution >= 0.6 is 0 Å². The summed E-state index contributed by atoms with van der Waals surface area (Å²) in [6, 6.07) is 20.0. The summed E-state index contributed by atoms with van der Waals surface area (Å²) in [5, 5.41) is 58.3. The average Bonchev–Trinajstić information content (AvgIpc) is 3.27. The van der Waals surface area contributed by atoms with E-state index in [0.717, 1.165) is 97.5 Å². The number of likely N-dealkylation sites (N-methyl/N-ethyl adjacent to an activating group) is 2. The van der Waals surface area contributed by atoms with Gasteiger partial charge in [-0.05, 0) is 133 Å². The molecular weight excluding hydrogens is 741 g/mol. The van der Waals surface area contributed by atoms with Crippen molar-refractivity contribution in [3.63, 3.8) is 0 Å². The van der Waals surface area contributed by atoms with Gasteiger partial charge in [-0.2, -0.15) is 0 Å². The minimum Gasteiger partial charge on any atom is -0.497 e. The van der Waals surface area contributed by atoms with Gasteiger partial charge in [0.1, 0.15) is 11.5 Å².